The quantitative estimate of drug-likeness (QED) is 0.214. The van der Waals surface area contributed by atoms with Gasteiger partial charge in [-0.1, -0.05) is 12.1 Å². The van der Waals surface area contributed by atoms with Gasteiger partial charge in [0.15, 0.2) is 0 Å². The number of hydrogen-bond acceptors (Lipinski definition) is 7. The van der Waals surface area contributed by atoms with Crippen molar-refractivity contribution in [3.63, 3.8) is 0 Å². The summed E-state index contributed by atoms with van der Waals surface area (Å²) >= 11 is 0. The van der Waals surface area contributed by atoms with Gasteiger partial charge in [-0.25, -0.2) is 14.4 Å². The maximum atomic E-state index is 14.9. The molecule has 4 N–H and O–H groups in total. The van der Waals surface area contributed by atoms with Crippen LogP contribution in [0.25, 0.3) is 55.7 Å². The zero-order valence-electron chi connectivity index (χ0n) is 24.4. The number of pyridine rings is 1. The molecule has 4 aromatic heterocycles. The summed E-state index contributed by atoms with van der Waals surface area (Å²) in [7, 11) is 0. The normalized spacial score (nSPS) is 15.9. The van der Waals surface area contributed by atoms with Crippen LogP contribution < -0.4 is 10.6 Å². The number of aromatic nitrogens is 6. The van der Waals surface area contributed by atoms with Crippen LogP contribution in [0.2, 0.25) is 0 Å². The van der Waals surface area contributed by atoms with Gasteiger partial charge in [0.25, 0.3) is 0 Å². The predicted molar refractivity (Wildman–Crippen MR) is 172 cm³/mol. The molecule has 9 nitrogen and oxygen atoms in total. The van der Waals surface area contributed by atoms with E-state index in [1.54, 1.807) is 30.7 Å². The molecule has 0 atom stereocenters. The second-order valence-electron chi connectivity index (χ2n) is 12.1. The Morgan fingerprint density at radius 1 is 0.955 bits per heavy atom. The van der Waals surface area contributed by atoms with Gasteiger partial charge in [-0.3, -0.25) is 10.1 Å². The minimum atomic E-state index is -0.214. The van der Waals surface area contributed by atoms with Crippen LogP contribution in [0.15, 0.2) is 67.1 Å². The highest BCUT2D eigenvalue weighted by atomic mass is 19.1. The van der Waals surface area contributed by atoms with Gasteiger partial charge in [0, 0.05) is 41.7 Å². The number of anilines is 1. The van der Waals surface area contributed by atoms with Crippen molar-refractivity contribution in [3.05, 3.63) is 78.5 Å². The van der Waals surface area contributed by atoms with E-state index in [-0.39, 0.29) is 11.9 Å². The maximum Gasteiger partial charge on any atom is 0.147 e. The lowest BCUT2D eigenvalue weighted by molar-refractivity contribution is 0.334. The average Bonchev–Trinajstić information content (AvgIpc) is 3.78. The average molecular weight is 588 g/mol. The molecule has 0 radical (unpaired) electrons. The van der Waals surface area contributed by atoms with Crippen molar-refractivity contribution in [2.24, 2.45) is 5.73 Å². The van der Waals surface area contributed by atoms with E-state index in [1.807, 2.05) is 18.2 Å². The molecule has 2 aromatic carbocycles. The van der Waals surface area contributed by atoms with Crippen molar-refractivity contribution < 1.29 is 4.39 Å². The summed E-state index contributed by atoms with van der Waals surface area (Å²) in [6, 6.07) is 15.7. The number of halogens is 1. The van der Waals surface area contributed by atoms with Crippen LogP contribution >= 0.6 is 0 Å². The van der Waals surface area contributed by atoms with Crippen molar-refractivity contribution in [3.8, 4) is 33.8 Å². The van der Waals surface area contributed by atoms with E-state index < -0.39 is 0 Å². The third kappa shape index (κ3) is 5.10. The van der Waals surface area contributed by atoms with Crippen LogP contribution in [0.3, 0.4) is 0 Å². The summed E-state index contributed by atoms with van der Waals surface area (Å²) in [4.78, 5) is 22.0. The van der Waals surface area contributed by atoms with E-state index in [0.29, 0.717) is 0 Å². The van der Waals surface area contributed by atoms with Crippen molar-refractivity contribution in [1.29, 1.82) is 0 Å². The highest BCUT2D eigenvalue weighted by Crippen LogP contribution is 2.35. The highest BCUT2D eigenvalue weighted by Gasteiger charge is 2.25. The smallest absolute Gasteiger partial charge is 0.147 e. The monoisotopic (exact) mass is 587 g/mol. The Labute approximate surface area is 254 Å². The standard InChI is InChI=1S/C34H34FN9/c35-24-13-21(4-3-11-43-9-1-2-10-43)12-23(14-24)26-7-8-38-34-27(26)16-30(40-34)33-28-15-22(5-6-29(28)41-42-33)31-17-37-18-32(39-31)44-19-25(36)20-44/h5-8,12-18,25H,1-4,9-11,19-20,36H2,(H,38,40)(H,41,42). The second kappa shape index (κ2) is 11.1. The molecule has 2 saturated heterocycles. The Morgan fingerprint density at radius 2 is 1.84 bits per heavy atom. The molecule has 0 bridgehead atoms. The molecule has 10 heteroatoms. The van der Waals surface area contributed by atoms with E-state index in [4.69, 9.17) is 10.7 Å². The molecule has 0 spiro atoms. The number of rotatable bonds is 8. The summed E-state index contributed by atoms with van der Waals surface area (Å²) in [6.07, 6.45) is 9.78. The van der Waals surface area contributed by atoms with Crippen LogP contribution in [-0.2, 0) is 6.42 Å². The maximum absolute atomic E-state index is 14.9. The van der Waals surface area contributed by atoms with Gasteiger partial charge in [-0.2, -0.15) is 5.10 Å². The van der Waals surface area contributed by atoms with Gasteiger partial charge in [0.1, 0.15) is 23.0 Å². The number of aromatic amines is 2. The molecular weight excluding hydrogens is 553 g/mol. The first-order chi connectivity index (χ1) is 21.6. The molecule has 6 heterocycles. The lowest BCUT2D eigenvalue weighted by Gasteiger charge is -2.37. The number of nitrogens with two attached hydrogens (primary N) is 1. The van der Waals surface area contributed by atoms with Crippen LogP contribution in [0.4, 0.5) is 10.2 Å². The van der Waals surface area contributed by atoms with E-state index in [9.17, 15) is 4.39 Å². The fraction of sp³-hybridized carbons (Fsp3) is 0.294. The predicted octanol–water partition coefficient (Wildman–Crippen LogP) is 5.55. The lowest BCUT2D eigenvalue weighted by Crippen LogP contribution is -2.56. The van der Waals surface area contributed by atoms with Crippen molar-refractivity contribution in [1.82, 2.24) is 35.0 Å². The van der Waals surface area contributed by atoms with Crippen LogP contribution in [0, 0.1) is 5.82 Å². The first-order valence-corrected chi connectivity index (χ1v) is 15.4. The van der Waals surface area contributed by atoms with Gasteiger partial charge in [0.05, 0.1) is 29.3 Å². The lowest BCUT2D eigenvalue weighted by atomic mass is 9.99. The van der Waals surface area contributed by atoms with E-state index in [2.05, 4.69) is 53.1 Å². The Balaban J connectivity index is 1.11. The van der Waals surface area contributed by atoms with Crippen LogP contribution in [0.5, 0.6) is 0 Å². The molecule has 8 rings (SSSR count). The van der Waals surface area contributed by atoms with Gasteiger partial charge < -0.3 is 20.5 Å². The first-order valence-electron chi connectivity index (χ1n) is 15.4. The molecule has 2 aliphatic heterocycles. The summed E-state index contributed by atoms with van der Waals surface area (Å²) in [5.74, 6) is 0.618. The zero-order valence-corrected chi connectivity index (χ0v) is 24.4. The third-order valence-corrected chi connectivity index (χ3v) is 8.91. The van der Waals surface area contributed by atoms with Crippen molar-refractivity contribution >= 4 is 27.8 Å². The number of likely N-dealkylation sites (tertiary alicyclic amines) is 1. The van der Waals surface area contributed by atoms with Crippen molar-refractivity contribution in [2.45, 2.75) is 31.7 Å². The largest absolute Gasteiger partial charge is 0.352 e. The molecule has 0 aliphatic carbocycles. The zero-order chi connectivity index (χ0) is 29.6. The molecule has 2 fully saturated rings. The van der Waals surface area contributed by atoms with E-state index in [0.717, 1.165) is 99.6 Å². The number of nitrogens with zero attached hydrogens (tertiary/aromatic N) is 6. The summed E-state index contributed by atoms with van der Waals surface area (Å²) in [5.41, 5.74) is 13.8. The Hall–Kier alpha value is -4.67. The SMILES string of the molecule is NC1CN(c2cncc(-c3ccc4[nH]nc(-c5cc6c(-c7cc(F)cc(CCCN8CCCC8)c7)ccnc6[nH]5)c4c3)n2)C1. The number of H-pyrrole nitrogens is 2. The minimum Gasteiger partial charge on any atom is -0.352 e. The minimum absolute atomic E-state index is 0.184. The third-order valence-electron chi connectivity index (χ3n) is 8.91. The van der Waals surface area contributed by atoms with Gasteiger partial charge >= 0.3 is 0 Å². The van der Waals surface area contributed by atoms with E-state index >= 15 is 0 Å². The Bertz CT molecular complexity index is 1970. The van der Waals surface area contributed by atoms with Gasteiger partial charge in [0.2, 0.25) is 0 Å². The molecular formula is C34H34FN9. The molecule has 0 unspecified atom stereocenters. The number of hydrogen-bond donors (Lipinski definition) is 3. The molecule has 2 aliphatic rings. The molecule has 6 aromatic rings. The topological polar surface area (TPSA) is 116 Å². The molecule has 44 heavy (non-hydrogen) atoms. The Kier molecular flexibility index (Phi) is 6.80. The molecule has 0 saturated carbocycles. The fourth-order valence-corrected chi connectivity index (χ4v) is 6.59. The summed E-state index contributed by atoms with van der Waals surface area (Å²) < 4.78 is 14.9. The van der Waals surface area contributed by atoms with Gasteiger partial charge in [-0.15, -0.1) is 0 Å². The highest BCUT2D eigenvalue weighted by molar-refractivity contribution is 6.00. The molecule has 222 valence electrons. The fourth-order valence-electron chi connectivity index (χ4n) is 6.59. The summed E-state index contributed by atoms with van der Waals surface area (Å²) in [5, 5.41) is 9.71. The Morgan fingerprint density at radius 3 is 2.70 bits per heavy atom. The number of aryl methyl sites for hydroxylation is 1. The number of fused-ring (bicyclic) bond motifs is 2. The van der Waals surface area contributed by atoms with Crippen LogP contribution in [-0.4, -0.2) is 73.8 Å². The van der Waals surface area contributed by atoms with Crippen LogP contribution in [0.1, 0.15) is 24.8 Å². The first kappa shape index (κ1) is 26.9. The van der Waals surface area contributed by atoms with Gasteiger partial charge in [-0.05, 0) is 98.4 Å². The van der Waals surface area contributed by atoms with Crippen molar-refractivity contribution in [2.75, 3.05) is 37.6 Å². The number of nitrogens with one attached hydrogen (secondary N) is 2. The molecule has 0 amide bonds. The number of benzene rings is 2. The van der Waals surface area contributed by atoms with E-state index in [1.165, 1.54) is 25.9 Å². The second-order valence-corrected chi connectivity index (χ2v) is 12.1. The summed E-state index contributed by atoms with van der Waals surface area (Å²) in [6.45, 7) is 5.00.